The molecule has 1 N–H and O–H groups in total. The van der Waals surface area contributed by atoms with E-state index in [-0.39, 0.29) is 17.8 Å². The number of hydrogen-bond acceptors (Lipinski definition) is 6. The van der Waals surface area contributed by atoms with Crippen LogP contribution >= 0.6 is 22.9 Å². The zero-order chi connectivity index (χ0) is 22.8. The number of para-hydroxylation sites is 1. The molecule has 162 valence electrons. The summed E-state index contributed by atoms with van der Waals surface area (Å²) in [5.74, 6) is -1.22. The molecule has 0 fully saturated rings. The van der Waals surface area contributed by atoms with Crippen molar-refractivity contribution in [2.75, 3.05) is 12.4 Å². The van der Waals surface area contributed by atoms with Crippen LogP contribution in [0.5, 0.6) is 0 Å². The Bertz CT molecular complexity index is 1460. The maximum absolute atomic E-state index is 13.2. The minimum Gasteiger partial charge on any atom is -0.465 e. The summed E-state index contributed by atoms with van der Waals surface area (Å²) < 4.78 is 7.34. The minimum atomic E-state index is -0.651. The normalized spacial score (nSPS) is 10.8. The predicted molar refractivity (Wildman–Crippen MR) is 123 cm³/mol. The molecule has 0 saturated carbocycles. The number of ether oxygens (including phenoxy) is 1. The molecule has 0 radical (unpaired) electrons. The lowest BCUT2D eigenvalue weighted by atomic mass is 10.2. The topological polar surface area (TPSA) is 99.4 Å². The molecule has 2 aromatic heterocycles. The maximum atomic E-state index is 13.2. The number of nitrogens with one attached hydrogen (secondary N) is 1. The summed E-state index contributed by atoms with van der Waals surface area (Å²) in [6, 6.07) is 14.4. The van der Waals surface area contributed by atoms with Gasteiger partial charge in [-0.25, -0.2) is 14.2 Å². The fourth-order valence-corrected chi connectivity index (χ4v) is 4.28. The molecule has 2 aromatic carbocycles. The first-order valence-electron chi connectivity index (χ1n) is 9.37. The highest BCUT2D eigenvalue weighted by atomic mass is 35.5. The summed E-state index contributed by atoms with van der Waals surface area (Å²) >= 11 is 7.19. The molecule has 0 aliphatic rings. The molecule has 4 rings (SSSR count). The number of thiophene rings is 1. The number of esters is 1. The van der Waals surface area contributed by atoms with E-state index in [1.54, 1.807) is 41.8 Å². The standard InChI is InChI=1S/C22H16ClN3O5S/c1-31-21(29)15-8-7-13(23)11-16(15)24-18(27)12-25-17-9-10-32-19(17)20(28)26(22(25)30)14-5-3-2-4-6-14/h2-11H,12H2,1H3,(H,24,27). The number of halogens is 1. The van der Waals surface area contributed by atoms with Crippen molar-refractivity contribution in [3.8, 4) is 5.69 Å². The number of aromatic nitrogens is 2. The molecule has 0 bridgehead atoms. The van der Waals surface area contributed by atoms with Gasteiger partial charge in [0.05, 0.1) is 29.6 Å². The first kappa shape index (κ1) is 21.5. The zero-order valence-electron chi connectivity index (χ0n) is 16.7. The number of amides is 1. The van der Waals surface area contributed by atoms with Crippen LogP contribution in [0, 0.1) is 0 Å². The van der Waals surface area contributed by atoms with Gasteiger partial charge in [0.1, 0.15) is 11.2 Å². The van der Waals surface area contributed by atoms with Gasteiger partial charge in [-0.1, -0.05) is 29.8 Å². The van der Waals surface area contributed by atoms with Gasteiger partial charge in [-0.15, -0.1) is 11.3 Å². The van der Waals surface area contributed by atoms with E-state index in [0.29, 0.717) is 20.9 Å². The smallest absolute Gasteiger partial charge is 0.339 e. The second-order valence-electron chi connectivity index (χ2n) is 6.71. The van der Waals surface area contributed by atoms with Crippen LogP contribution in [-0.2, 0) is 16.1 Å². The number of carbonyl (C=O) groups excluding carboxylic acids is 2. The Morgan fingerprint density at radius 1 is 1.09 bits per heavy atom. The molecule has 32 heavy (non-hydrogen) atoms. The Balaban J connectivity index is 1.76. The van der Waals surface area contributed by atoms with Gasteiger partial charge in [0.25, 0.3) is 5.56 Å². The summed E-state index contributed by atoms with van der Waals surface area (Å²) in [5, 5.41) is 4.60. The van der Waals surface area contributed by atoms with Crippen molar-refractivity contribution in [1.29, 1.82) is 0 Å². The van der Waals surface area contributed by atoms with E-state index < -0.39 is 23.1 Å². The number of rotatable bonds is 5. The average Bonchev–Trinajstić information content (AvgIpc) is 3.27. The van der Waals surface area contributed by atoms with Gasteiger partial charge >= 0.3 is 11.7 Å². The molecular weight excluding hydrogens is 454 g/mol. The van der Waals surface area contributed by atoms with Crippen molar-refractivity contribution in [3.05, 3.63) is 91.4 Å². The third kappa shape index (κ3) is 3.95. The highest BCUT2D eigenvalue weighted by Crippen LogP contribution is 2.22. The van der Waals surface area contributed by atoms with Gasteiger partial charge < -0.3 is 10.1 Å². The number of carbonyl (C=O) groups is 2. The van der Waals surface area contributed by atoms with Gasteiger partial charge in [0.2, 0.25) is 5.91 Å². The van der Waals surface area contributed by atoms with E-state index in [4.69, 9.17) is 16.3 Å². The van der Waals surface area contributed by atoms with Crippen molar-refractivity contribution in [1.82, 2.24) is 9.13 Å². The van der Waals surface area contributed by atoms with Crippen LogP contribution < -0.4 is 16.6 Å². The number of anilines is 1. The van der Waals surface area contributed by atoms with Gasteiger partial charge in [0, 0.05) is 5.02 Å². The van der Waals surface area contributed by atoms with Crippen molar-refractivity contribution in [2.24, 2.45) is 0 Å². The van der Waals surface area contributed by atoms with Crippen molar-refractivity contribution < 1.29 is 14.3 Å². The second kappa shape index (κ2) is 8.81. The van der Waals surface area contributed by atoms with Gasteiger partial charge in [-0.2, -0.15) is 0 Å². The first-order valence-corrected chi connectivity index (χ1v) is 10.6. The molecule has 4 aromatic rings. The fourth-order valence-electron chi connectivity index (χ4n) is 3.29. The van der Waals surface area contributed by atoms with E-state index >= 15 is 0 Å². The maximum Gasteiger partial charge on any atom is 0.339 e. The lowest BCUT2D eigenvalue weighted by molar-refractivity contribution is -0.116. The molecule has 0 unspecified atom stereocenters. The molecule has 2 heterocycles. The molecule has 8 nitrogen and oxygen atoms in total. The fraction of sp³-hybridized carbons (Fsp3) is 0.0909. The number of fused-ring (bicyclic) bond motifs is 1. The van der Waals surface area contributed by atoms with E-state index in [9.17, 15) is 19.2 Å². The van der Waals surface area contributed by atoms with E-state index in [0.717, 1.165) is 4.57 Å². The van der Waals surface area contributed by atoms with Gasteiger partial charge in [0.15, 0.2) is 0 Å². The average molecular weight is 470 g/mol. The molecule has 0 aliphatic carbocycles. The molecule has 0 saturated heterocycles. The minimum absolute atomic E-state index is 0.118. The Hall–Kier alpha value is -3.69. The zero-order valence-corrected chi connectivity index (χ0v) is 18.3. The Morgan fingerprint density at radius 3 is 2.56 bits per heavy atom. The Morgan fingerprint density at radius 2 is 1.84 bits per heavy atom. The van der Waals surface area contributed by atoms with E-state index in [1.165, 1.54) is 41.2 Å². The summed E-state index contributed by atoms with van der Waals surface area (Å²) in [6.45, 7) is -0.383. The molecule has 0 spiro atoms. The number of hydrogen-bond donors (Lipinski definition) is 1. The van der Waals surface area contributed by atoms with Crippen LogP contribution in [0.3, 0.4) is 0 Å². The first-order chi connectivity index (χ1) is 15.4. The van der Waals surface area contributed by atoms with Crippen LogP contribution in [0.2, 0.25) is 5.02 Å². The second-order valence-corrected chi connectivity index (χ2v) is 8.06. The lowest BCUT2D eigenvalue weighted by Gasteiger charge is -2.14. The number of benzene rings is 2. The summed E-state index contributed by atoms with van der Waals surface area (Å²) in [7, 11) is 1.22. The summed E-state index contributed by atoms with van der Waals surface area (Å²) in [4.78, 5) is 51.0. The molecule has 1 amide bonds. The quantitative estimate of drug-likeness (QED) is 0.452. The number of nitrogens with zero attached hydrogens (tertiary/aromatic N) is 2. The lowest BCUT2D eigenvalue weighted by Crippen LogP contribution is -2.40. The van der Waals surface area contributed by atoms with Gasteiger partial charge in [-0.05, 0) is 41.8 Å². The Labute approximate surface area is 190 Å². The van der Waals surface area contributed by atoms with E-state index in [1.807, 2.05) is 0 Å². The third-order valence-electron chi connectivity index (χ3n) is 4.73. The summed E-state index contributed by atoms with van der Waals surface area (Å²) in [5.41, 5.74) is -0.0820. The van der Waals surface area contributed by atoms with Crippen molar-refractivity contribution >= 4 is 50.7 Å². The van der Waals surface area contributed by atoms with Crippen LogP contribution in [0.4, 0.5) is 5.69 Å². The van der Waals surface area contributed by atoms with Crippen molar-refractivity contribution in [2.45, 2.75) is 6.54 Å². The molecule has 0 atom stereocenters. The highest BCUT2D eigenvalue weighted by Gasteiger charge is 2.19. The largest absolute Gasteiger partial charge is 0.465 e. The van der Waals surface area contributed by atoms with Crippen LogP contribution in [0.15, 0.2) is 69.6 Å². The van der Waals surface area contributed by atoms with Crippen LogP contribution in [-0.4, -0.2) is 28.1 Å². The summed E-state index contributed by atoms with van der Waals surface area (Å²) in [6.07, 6.45) is 0. The van der Waals surface area contributed by atoms with E-state index in [2.05, 4.69) is 5.32 Å². The third-order valence-corrected chi connectivity index (χ3v) is 5.86. The predicted octanol–water partition coefficient (Wildman–Crippen LogP) is 3.29. The van der Waals surface area contributed by atoms with Crippen molar-refractivity contribution in [3.63, 3.8) is 0 Å². The number of methoxy groups -OCH3 is 1. The molecule has 10 heteroatoms. The van der Waals surface area contributed by atoms with Crippen LogP contribution in [0.25, 0.3) is 15.9 Å². The van der Waals surface area contributed by atoms with Crippen LogP contribution in [0.1, 0.15) is 10.4 Å². The Kier molecular flexibility index (Phi) is 5.93. The van der Waals surface area contributed by atoms with Gasteiger partial charge in [-0.3, -0.25) is 14.2 Å². The molecule has 0 aliphatic heterocycles. The monoisotopic (exact) mass is 469 g/mol. The molecular formula is C22H16ClN3O5S. The SMILES string of the molecule is COC(=O)c1ccc(Cl)cc1NC(=O)Cn1c(=O)n(-c2ccccc2)c(=O)c2sccc21. The highest BCUT2D eigenvalue weighted by molar-refractivity contribution is 7.17.